The third kappa shape index (κ3) is 4.28. The van der Waals surface area contributed by atoms with E-state index in [0.717, 1.165) is 18.4 Å². The molecule has 0 saturated carbocycles. The normalized spacial score (nSPS) is 13.8. The maximum Gasteiger partial charge on any atom is 0.0919 e. The van der Waals surface area contributed by atoms with Crippen molar-refractivity contribution in [3.05, 3.63) is 59.3 Å². The summed E-state index contributed by atoms with van der Waals surface area (Å²) in [7, 11) is 0. The van der Waals surface area contributed by atoms with E-state index in [1.165, 1.54) is 38.7 Å². The molecule has 0 aromatic carbocycles. The number of aromatic amines is 2. The van der Waals surface area contributed by atoms with Crippen LogP contribution in [0.25, 0.3) is 21.9 Å². The first-order valence-electron chi connectivity index (χ1n) is 12.6. The summed E-state index contributed by atoms with van der Waals surface area (Å²) in [6.07, 6.45) is 12.5. The second-order valence-electron chi connectivity index (χ2n) is 13.4. The van der Waals surface area contributed by atoms with Crippen LogP contribution in [0.3, 0.4) is 0 Å². The molecule has 0 fully saturated rings. The molecule has 0 atom stereocenters. The molecule has 4 rings (SSSR count). The lowest BCUT2D eigenvalue weighted by Crippen LogP contribution is -2.24. The molecule has 182 valence electrons. The van der Waals surface area contributed by atoms with Gasteiger partial charge in [0.15, 0.2) is 0 Å². The number of hydrogen-bond acceptors (Lipinski definition) is 2. The Balaban J connectivity index is 1.65. The Bertz CT molecular complexity index is 1320. The number of nitrogens with zero attached hydrogens (tertiary/aromatic N) is 2. The van der Waals surface area contributed by atoms with Gasteiger partial charge in [0.1, 0.15) is 0 Å². The Morgan fingerprint density at radius 3 is 1.82 bits per heavy atom. The minimum absolute atomic E-state index is 0.0133. The SMILES string of the molecule is CC(C)(C)c1c[nH]c2c(C(C)(C)CCC(C)(C)c3c[nH]c4c(C(C)(C)C)cncc34)ccnc12. The molecule has 0 aliphatic carbocycles. The molecule has 4 heteroatoms. The molecule has 4 nitrogen and oxygen atoms in total. The van der Waals surface area contributed by atoms with Gasteiger partial charge in [0.2, 0.25) is 0 Å². The Morgan fingerprint density at radius 2 is 1.21 bits per heavy atom. The van der Waals surface area contributed by atoms with Crippen molar-refractivity contribution < 1.29 is 0 Å². The molecule has 34 heavy (non-hydrogen) atoms. The Morgan fingerprint density at radius 1 is 0.647 bits per heavy atom. The zero-order valence-electron chi connectivity index (χ0n) is 22.8. The first-order chi connectivity index (χ1) is 15.6. The van der Waals surface area contributed by atoms with Crippen LogP contribution in [0.4, 0.5) is 0 Å². The summed E-state index contributed by atoms with van der Waals surface area (Å²) in [5, 5.41) is 1.25. The van der Waals surface area contributed by atoms with E-state index in [2.05, 4.69) is 103 Å². The van der Waals surface area contributed by atoms with Crippen LogP contribution in [-0.2, 0) is 21.7 Å². The van der Waals surface area contributed by atoms with Gasteiger partial charge in [-0.15, -0.1) is 0 Å². The van der Waals surface area contributed by atoms with Gasteiger partial charge in [-0.05, 0) is 57.3 Å². The van der Waals surface area contributed by atoms with Crippen molar-refractivity contribution in [2.24, 2.45) is 0 Å². The van der Waals surface area contributed by atoms with E-state index in [0.29, 0.717) is 0 Å². The van der Waals surface area contributed by atoms with Crippen molar-refractivity contribution in [3.8, 4) is 0 Å². The maximum absolute atomic E-state index is 4.75. The number of pyridine rings is 2. The van der Waals surface area contributed by atoms with E-state index in [1.54, 1.807) is 0 Å². The number of H-pyrrole nitrogens is 2. The molecule has 4 heterocycles. The van der Waals surface area contributed by atoms with Crippen LogP contribution >= 0.6 is 0 Å². The Kier molecular flexibility index (Phi) is 5.74. The molecular weight excluding hydrogens is 416 g/mol. The van der Waals surface area contributed by atoms with E-state index >= 15 is 0 Å². The van der Waals surface area contributed by atoms with Gasteiger partial charge < -0.3 is 9.97 Å². The monoisotopic (exact) mass is 458 g/mol. The van der Waals surface area contributed by atoms with Gasteiger partial charge in [-0.2, -0.15) is 0 Å². The molecular formula is C30H42N4. The molecule has 0 unspecified atom stereocenters. The third-order valence-corrected chi connectivity index (χ3v) is 7.61. The number of fused-ring (bicyclic) bond motifs is 2. The van der Waals surface area contributed by atoms with Crippen molar-refractivity contribution in [3.63, 3.8) is 0 Å². The Labute approximate surface area is 205 Å². The van der Waals surface area contributed by atoms with Gasteiger partial charge in [-0.25, -0.2) is 0 Å². The predicted octanol–water partition coefficient (Wildman–Crippen LogP) is 8.07. The second-order valence-corrected chi connectivity index (χ2v) is 13.4. The van der Waals surface area contributed by atoms with E-state index in [1.807, 2.05) is 18.6 Å². The molecule has 0 radical (unpaired) electrons. The highest BCUT2D eigenvalue weighted by Crippen LogP contribution is 2.42. The maximum atomic E-state index is 4.75. The van der Waals surface area contributed by atoms with Gasteiger partial charge in [-0.1, -0.05) is 69.2 Å². The second kappa shape index (κ2) is 7.96. The van der Waals surface area contributed by atoms with Gasteiger partial charge in [-0.3, -0.25) is 9.97 Å². The van der Waals surface area contributed by atoms with E-state index < -0.39 is 0 Å². The quantitative estimate of drug-likeness (QED) is 0.318. The van der Waals surface area contributed by atoms with Crippen molar-refractivity contribution in [2.75, 3.05) is 0 Å². The number of nitrogens with one attached hydrogen (secondary N) is 2. The molecule has 0 spiro atoms. The molecule has 4 aromatic rings. The summed E-state index contributed by atoms with van der Waals surface area (Å²) in [5.41, 5.74) is 8.91. The van der Waals surface area contributed by atoms with E-state index in [4.69, 9.17) is 4.98 Å². The zero-order chi connectivity index (χ0) is 25.1. The lowest BCUT2D eigenvalue weighted by molar-refractivity contribution is 0.378. The predicted molar refractivity (Wildman–Crippen MR) is 145 cm³/mol. The van der Waals surface area contributed by atoms with Crippen molar-refractivity contribution in [2.45, 2.75) is 104 Å². The molecule has 4 aromatic heterocycles. The molecule has 2 N–H and O–H groups in total. The number of hydrogen-bond donors (Lipinski definition) is 2. The molecule has 0 bridgehead atoms. The minimum Gasteiger partial charge on any atom is -0.361 e. The smallest absolute Gasteiger partial charge is 0.0919 e. The topological polar surface area (TPSA) is 57.4 Å². The average Bonchev–Trinajstić information content (AvgIpc) is 3.35. The molecule has 0 aliphatic rings. The van der Waals surface area contributed by atoms with Crippen LogP contribution in [-0.4, -0.2) is 19.9 Å². The van der Waals surface area contributed by atoms with Crippen molar-refractivity contribution >= 4 is 21.9 Å². The van der Waals surface area contributed by atoms with Gasteiger partial charge in [0.25, 0.3) is 0 Å². The van der Waals surface area contributed by atoms with Crippen LogP contribution in [0.5, 0.6) is 0 Å². The standard InChI is InChI=1S/C30H42N4/c1-27(2,3)22-16-31-15-19-21(17-33-24(19)22)30(9,10)13-12-29(7,8)20-11-14-32-26-23(28(4,5)6)18-34-25(20)26/h11,14-18,33-34H,12-13H2,1-10H3. The lowest BCUT2D eigenvalue weighted by Gasteiger charge is -2.32. The van der Waals surface area contributed by atoms with E-state index in [-0.39, 0.29) is 21.7 Å². The summed E-state index contributed by atoms with van der Waals surface area (Å²) >= 11 is 0. The summed E-state index contributed by atoms with van der Waals surface area (Å²) in [5.74, 6) is 0. The summed E-state index contributed by atoms with van der Waals surface area (Å²) in [6, 6.07) is 2.20. The molecule has 0 aliphatic heterocycles. The summed E-state index contributed by atoms with van der Waals surface area (Å²) in [6.45, 7) is 23.0. The zero-order valence-corrected chi connectivity index (χ0v) is 22.8. The van der Waals surface area contributed by atoms with Crippen LogP contribution in [0, 0.1) is 0 Å². The van der Waals surface area contributed by atoms with Gasteiger partial charge in [0, 0.05) is 41.9 Å². The highest BCUT2D eigenvalue weighted by Gasteiger charge is 2.32. The largest absolute Gasteiger partial charge is 0.361 e. The van der Waals surface area contributed by atoms with Crippen molar-refractivity contribution in [1.82, 2.24) is 19.9 Å². The third-order valence-electron chi connectivity index (χ3n) is 7.61. The van der Waals surface area contributed by atoms with E-state index in [9.17, 15) is 0 Å². The number of rotatable bonds is 5. The average molecular weight is 459 g/mol. The van der Waals surface area contributed by atoms with Crippen LogP contribution in [0.15, 0.2) is 37.1 Å². The molecule has 0 amide bonds. The summed E-state index contributed by atoms with van der Waals surface area (Å²) in [4.78, 5) is 16.5. The van der Waals surface area contributed by atoms with Gasteiger partial charge >= 0.3 is 0 Å². The van der Waals surface area contributed by atoms with Crippen LogP contribution in [0.1, 0.15) is 104 Å². The minimum atomic E-state index is 0.0133. The fourth-order valence-corrected chi connectivity index (χ4v) is 5.23. The first kappa shape index (κ1) is 24.5. The lowest BCUT2D eigenvalue weighted by atomic mass is 9.72. The highest BCUT2D eigenvalue weighted by atomic mass is 14.8. The van der Waals surface area contributed by atoms with Crippen molar-refractivity contribution in [1.29, 1.82) is 0 Å². The van der Waals surface area contributed by atoms with Crippen LogP contribution in [0.2, 0.25) is 0 Å². The Hall–Kier alpha value is -2.62. The highest BCUT2D eigenvalue weighted by molar-refractivity contribution is 5.87. The first-order valence-corrected chi connectivity index (χ1v) is 12.6. The number of aromatic nitrogens is 4. The van der Waals surface area contributed by atoms with Gasteiger partial charge in [0.05, 0.1) is 16.6 Å². The fraction of sp³-hybridized carbons (Fsp3) is 0.533. The summed E-state index contributed by atoms with van der Waals surface area (Å²) < 4.78 is 0. The van der Waals surface area contributed by atoms with Crippen LogP contribution < -0.4 is 0 Å². The fourth-order valence-electron chi connectivity index (χ4n) is 5.23. The molecule has 0 saturated heterocycles.